The van der Waals surface area contributed by atoms with Gasteiger partial charge in [0.2, 0.25) is 0 Å². The fourth-order valence-corrected chi connectivity index (χ4v) is 2.31. The number of ether oxygens (including phenoxy) is 2. The number of nitrogen functional groups attached to an aromatic ring is 1. The molecule has 2 aromatic carbocycles. The van der Waals surface area contributed by atoms with Crippen molar-refractivity contribution in [1.29, 1.82) is 0 Å². The Balaban J connectivity index is 1.89. The lowest BCUT2D eigenvalue weighted by atomic mass is 9.99. The molecule has 0 unspecified atom stereocenters. The highest BCUT2D eigenvalue weighted by molar-refractivity contribution is 5.52. The molecular formula is C16H17NO2. The molecule has 0 bridgehead atoms. The second-order valence-electron chi connectivity index (χ2n) is 4.79. The summed E-state index contributed by atoms with van der Waals surface area (Å²) >= 11 is 0. The molecule has 98 valence electrons. The van der Waals surface area contributed by atoms with Gasteiger partial charge in [-0.15, -0.1) is 0 Å². The zero-order valence-corrected chi connectivity index (χ0v) is 11.0. The molecule has 0 amide bonds. The Morgan fingerprint density at radius 3 is 2.68 bits per heavy atom. The monoisotopic (exact) mass is 255 g/mol. The summed E-state index contributed by atoms with van der Waals surface area (Å²) in [6.07, 6.45) is 0.855. The number of rotatable bonds is 2. The molecule has 0 aliphatic carbocycles. The van der Waals surface area contributed by atoms with Gasteiger partial charge in [-0.05, 0) is 48.2 Å². The second-order valence-corrected chi connectivity index (χ2v) is 4.79. The van der Waals surface area contributed by atoms with E-state index in [1.807, 2.05) is 18.2 Å². The van der Waals surface area contributed by atoms with Crippen LogP contribution in [0.5, 0.6) is 11.5 Å². The van der Waals surface area contributed by atoms with Crippen LogP contribution >= 0.6 is 0 Å². The molecular weight excluding hydrogens is 238 g/mol. The molecule has 19 heavy (non-hydrogen) atoms. The number of nitrogens with two attached hydrogens (primary N) is 1. The van der Waals surface area contributed by atoms with E-state index in [0.717, 1.165) is 29.2 Å². The molecule has 1 aliphatic heterocycles. The van der Waals surface area contributed by atoms with Crippen LogP contribution in [-0.2, 0) is 6.42 Å². The highest BCUT2D eigenvalue weighted by Crippen LogP contribution is 2.31. The van der Waals surface area contributed by atoms with Crippen molar-refractivity contribution in [3.05, 3.63) is 53.1 Å². The lowest BCUT2D eigenvalue weighted by Gasteiger charge is -2.19. The smallest absolute Gasteiger partial charge is 0.161 e. The molecule has 0 spiro atoms. The molecule has 0 aromatic heterocycles. The zero-order chi connectivity index (χ0) is 13.2. The van der Waals surface area contributed by atoms with Crippen LogP contribution in [-0.4, -0.2) is 13.2 Å². The first-order chi connectivity index (χ1) is 9.24. The van der Waals surface area contributed by atoms with Crippen molar-refractivity contribution in [2.75, 3.05) is 18.9 Å². The molecule has 0 saturated carbocycles. The topological polar surface area (TPSA) is 44.5 Å². The van der Waals surface area contributed by atoms with E-state index in [2.05, 4.69) is 25.1 Å². The minimum absolute atomic E-state index is 0.619. The third kappa shape index (κ3) is 2.36. The maximum atomic E-state index is 5.94. The number of hydrogen-bond acceptors (Lipinski definition) is 3. The summed E-state index contributed by atoms with van der Waals surface area (Å²) in [6, 6.07) is 12.2. The van der Waals surface area contributed by atoms with Gasteiger partial charge in [0.25, 0.3) is 0 Å². The predicted octanol–water partition coefficient (Wildman–Crippen LogP) is 2.94. The fraction of sp³-hybridized carbons (Fsp3) is 0.250. The number of anilines is 1. The average Bonchev–Trinajstić information content (AvgIpc) is 2.44. The summed E-state index contributed by atoms with van der Waals surface area (Å²) in [5.74, 6) is 1.67. The second kappa shape index (κ2) is 4.84. The van der Waals surface area contributed by atoms with E-state index in [1.54, 1.807) is 0 Å². The van der Waals surface area contributed by atoms with Crippen LogP contribution in [0.2, 0.25) is 0 Å². The van der Waals surface area contributed by atoms with Crippen molar-refractivity contribution in [1.82, 2.24) is 0 Å². The van der Waals surface area contributed by atoms with E-state index in [-0.39, 0.29) is 0 Å². The summed E-state index contributed by atoms with van der Waals surface area (Å²) < 4.78 is 11.1. The van der Waals surface area contributed by atoms with Crippen LogP contribution in [0.4, 0.5) is 5.69 Å². The molecule has 3 heteroatoms. The van der Waals surface area contributed by atoms with Crippen LogP contribution in [0.3, 0.4) is 0 Å². The molecule has 3 rings (SSSR count). The van der Waals surface area contributed by atoms with Crippen molar-refractivity contribution >= 4 is 5.69 Å². The summed E-state index contributed by atoms with van der Waals surface area (Å²) in [7, 11) is 0. The Labute approximate surface area is 113 Å². The van der Waals surface area contributed by atoms with Gasteiger partial charge >= 0.3 is 0 Å². The predicted molar refractivity (Wildman–Crippen MR) is 75.8 cm³/mol. The van der Waals surface area contributed by atoms with Crippen LogP contribution < -0.4 is 15.2 Å². The van der Waals surface area contributed by atoms with E-state index in [4.69, 9.17) is 15.2 Å². The Morgan fingerprint density at radius 1 is 1.05 bits per heavy atom. The maximum absolute atomic E-state index is 5.94. The molecule has 0 atom stereocenters. The van der Waals surface area contributed by atoms with E-state index < -0.39 is 0 Å². The van der Waals surface area contributed by atoms with Crippen molar-refractivity contribution in [3.63, 3.8) is 0 Å². The molecule has 0 radical (unpaired) electrons. The summed E-state index contributed by atoms with van der Waals surface area (Å²) in [5.41, 5.74) is 10.4. The lowest BCUT2D eigenvalue weighted by Crippen LogP contribution is -2.15. The van der Waals surface area contributed by atoms with Gasteiger partial charge in [0.05, 0.1) is 0 Å². The Kier molecular flexibility index (Phi) is 3.03. The number of fused-ring (bicyclic) bond motifs is 1. The molecule has 0 saturated heterocycles. The van der Waals surface area contributed by atoms with E-state index >= 15 is 0 Å². The molecule has 1 aliphatic rings. The highest BCUT2D eigenvalue weighted by Gasteiger charge is 2.12. The molecule has 2 N–H and O–H groups in total. The summed E-state index contributed by atoms with van der Waals surface area (Å²) in [6.45, 7) is 3.30. The molecule has 2 aromatic rings. The zero-order valence-electron chi connectivity index (χ0n) is 11.0. The molecule has 0 fully saturated rings. The van der Waals surface area contributed by atoms with Crippen molar-refractivity contribution in [2.45, 2.75) is 13.3 Å². The first kappa shape index (κ1) is 11.9. The minimum atomic E-state index is 0.619. The Morgan fingerprint density at radius 2 is 1.84 bits per heavy atom. The molecule has 3 nitrogen and oxygen atoms in total. The summed E-state index contributed by atoms with van der Waals surface area (Å²) in [4.78, 5) is 0. The fourth-order valence-electron chi connectivity index (χ4n) is 2.31. The van der Waals surface area contributed by atoms with Crippen LogP contribution in [0.1, 0.15) is 16.7 Å². The molecule has 1 heterocycles. The highest BCUT2D eigenvalue weighted by atomic mass is 16.6. The van der Waals surface area contributed by atoms with Crippen LogP contribution in [0.15, 0.2) is 36.4 Å². The van der Waals surface area contributed by atoms with Crippen LogP contribution in [0.25, 0.3) is 0 Å². The van der Waals surface area contributed by atoms with Gasteiger partial charge in [-0.1, -0.05) is 18.2 Å². The quantitative estimate of drug-likeness (QED) is 0.839. The van der Waals surface area contributed by atoms with Gasteiger partial charge < -0.3 is 15.2 Å². The van der Waals surface area contributed by atoms with Gasteiger partial charge in [0, 0.05) is 5.69 Å². The van der Waals surface area contributed by atoms with Gasteiger partial charge in [0.15, 0.2) is 11.5 Å². The lowest BCUT2D eigenvalue weighted by molar-refractivity contribution is 0.171. The van der Waals surface area contributed by atoms with Crippen molar-refractivity contribution < 1.29 is 9.47 Å². The number of hydrogen-bond donors (Lipinski definition) is 1. The van der Waals surface area contributed by atoms with E-state index in [9.17, 15) is 0 Å². The minimum Gasteiger partial charge on any atom is -0.486 e. The largest absolute Gasteiger partial charge is 0.486 e. The van der Waals surface area contributed by atoms with Gasteiger partial charge in [0.1, 0.15) is 13.2 Å². The van der Waals surface area contributed by atoms with Crippen molar-refractivity contribution in [2.24, 2.45) is 0 Å². The third-order valence-electron chi connectivity index (χ3n) is 3.49. The average molecular weight is 255 g/mol. The SMILES string of the molecule is Cc1c(N)cccc1Cc1ccc2c(c1)OCCO2. The van der Waals surface area contributed by atoms with Gasteiger partial charge in [-0.25, -0.2) is 0 Å². The Hall–Kier alpha value is -2.16. The standard InChI is InChI=1S/C16H17NO2/c1-11-13(3-2-4-14(11)17)9-12-5-6-15-16(10-12)19-8-7-18-15/h2-6,10H,7-9,17H2,1H3. The van der Waals surface area contributed by atoms with Crippen LogP contribution in [0, 0.1) is 6.92 Å². The van der Waals surface area contributed by atoms with Gasteiger partial charge in [-0.3, -0.25) is 0 Å². The number of benzene rings is 2. The first-order valence-electron chi connectivity index (χ1n) is 6.46. The normalized spacial score (nSPS) is 13.3. The van der Waals surface area contributed by atoms with E-state index in [0.29, 0.717) is 13.2 Å². The Bertz CT molecular complexity index is 608. The first-order valence-corrected chi connectivity index (χ1v) is 6.46. The third-order valence-corrected chi connectivity index (χ3v) is 3.49. The summed E-state index contributed by atoms with van der Waals surface area (Å²) in [5, 5.41) is 0. The van der Waals surface area contributed by atoms with Gasteiger partial charge in [-0.2, -0.15) is 0 Å². The van der Waals surface area contributed by atoms with Crippen molar-refractivity contribution in [3.8, 4) is 11.5 Å². The maximum Gasteiger partial charge on any atom is 0.161 e. The van der Waals surface area contributed by atoms with E-state index in [1.165, 1.54) is 11.1 Å².